The maximum atomic E-state index is 12.5. The Morgan fingerprint density at radius 2 is 1.24 bits per heavy atom. The number of carbonyl (C=O) groups is 2. The number of esters is 2. The van der Waals surface area contributed by atoms with Gasteiger partial charge < -0.3 is 25.2 Å². The number of rotatable bonds is 35. The summed E-state index contributed by atoms with van der Waals surface area (Å²) in [5.41, 5.74) is 5.32. The van der Waals surface area contributed by atoms with Crippen molar-refractivity contribution in [1.29, 1.82) is 0 Å². The van der Waals surface area contributed by atoms with E-state index in [9.17, 15) is 24.2 Å². The molecule has 0 aromatic rings. The fourth-order valence-corrected chi connectivity index (χ4v) is 5.35. The van der Waals surface area contributed by atoms with Crippen molar-refractivity contribution in [2.24, 2.45) is 5.73 Å². The lowest BCUT2D eigenvalue weighted by Gasteiger charge is -2.19. The molecular weight excluding hydrogens is 705 g/mol. The Balaban J connectivity index is 4.46. The summed E-state index contributed by atoms with van der Waals surface area (Å²) in [7, 11) is -4.42. The van der Waals surface area contributed by atoms with E-state index >= 15 is 0 Å². The molecule has 3 atom stereocenters. The van der Waals surface area contributed by atoms with Crippen LogP contribution in [0.3, 0.4) is 0 Å². The Hall–Kier alpha value is -3.11. The van der Waals surface area contributed by atoms with Crippen LogP contribution in [0.2, 0.25) is 0 Å². The van der Waals surface area contributed by atoms with Crippen LogP contribution in [0.4, 0.5) is 0 Å². The zero-order valence-corrected chi connectivity index (χ0v) is 33.9. The lowest BCUT2D eigenvalue weighted by molar-refractivity contribution is -0.161. The van der Waals surface area contributed by atoms with Gasteiger partial charge >= 0.3 is 19.8 Å². The maximum absolute atomic E-state index is 12.5. The second-order valence-corrected chi connectivity index (χ2v) is 14.1. The fraction of sp³-hybridized carbons (Fsp3) is 0.581. The molecule has 0 fully saturated rings. The Morgan fingerprint density at radius 3 is 1.89 bits per heavy atom. The third-order valence-electron chi connectivity index (χ3n) is 7.53. The largest absolute Gasteiger partial charge is 0.472 e. The summed E-state index contributed by atoms with van der Waals surface area (Å²) in [4.78, 5) is 34.7. The molecular formula is C43H70NO9P. The maximum Gasteiger partial charge on any atom is 0.472 e. The molecule has 4 N–H and O–H groups in total. The molecule has 0 saturated heterocycles. The van der Waals surface area contributed by atoms with Crippen LogP contribution < -0.4 is 5.73 Å². The van der Waals surface area contributed by atoms with E-state index in [1.54, 1.807) is 6.08 Å². The zero-order chi connectivity index (χ0) is 39.8. The van der Waals surface area contributed by atoms with Gasteiger partial charge in [0.15, 0.2) is 6.10 Å². The monoisotopic (exact) mass is 775 g/mol. The third kappa shape index (κ3) is 37.2. The Morgan fingerprint density at radius 1 is 0.667 bits per heavy atom. The van der Waals surface area contributed by atoms with Crippen molar-refractivity contribution in [3.63, 3.8) is 0 Å². The number of ether oxygens (including phenoxy) is 2. The van der Waals surface area contributed by atoms with Crippen LogP contribution in [-0.4, -0.2) is 60.5 Å². The summed E-state index contributed by atoms with van der Waals surface area (Å²) < 4.78 is 32.5. The quantitative estimate of drug-likeness (QED) is 0.0186. The summed E-state index contributed by atoms with van der Waals surface area (Å²) in [5.74, 6) is -0.994. The van der Waals surface area contributed by atoms with Crippen LogP contribution in [-0.2, 0) is 32.7 Å². The number of phosphoric acid groups is 1. The molecule has 54 heavy (non-hydrogen) atoms. The van der Waals surface area contributed by atoms with Crippen molar-refractivity contribution in [3.05, 3.63) is 97.2 Å². The Labute approximate surface area is 326 Å². The van der Waals surface area contributed by atoms with E-state index < -0.39 is 38.6 Å². The molecule has 0 aliphatic rings. The first-order valence-corrected chi connectivity index (χ1v) is 21.3. The number of phosphoric ester groups is 1. The molecule has 0 rings (SSSR count). The van der Waals surface area contributed by atoms with Crippen molar-refractivity contribution in [2.75, 3.05) is 26.4 Å². The summed E-state index contributed by atoms with van der Waals surface area (Å²) in [6, 6.07) is 0. The number of carbonyl (C=O) groups excluding carboxylic acids is 2. The Kier molecular flexibility index (Phi) is 36.0. The van der Waals surface area contributed by atoms with Crippen molar-refractivity contribution in [2.45, 2.75) is 135 Å². The van der Waals surface area contributed by atoms with Gasteiger partial charge in [0.1, 0.15) is 6.61 Å². The summed E-state index contributed by atoms with van der Waals surface area (Å²) in [5, 5.41) is 9.99. The minimum atomic E-state index is -4.42. The molecule has 0 aliphatic carbocycles. The van der Waals surface area contributed by atoms with Crippen LogP contribution in [0.15, 0.2) is 97.2 Å². The van der Waals surface area contributed by atoms with Crippen LogP contribution in [0, 0.1) is 0 Å². The number of hydrogen-bond acceptors (Lipinski definition) is 9. The minimum Gasteiger partial charge on any atom is -0.462 e. The smallest absolute Gasteiger partial charge is 0.462 e. The molecule has 11 heteroatoms. The first kappa shape index (κ1) is 50.9. The average molecular weight is 776 g/mol. The molecule has 10 nitrogen and oxygen atoms in total. The number of aliphatic hydroxyl groups is 1. The van der Waals surface area contributed by atoms with Gasteiger partial charge in [0.25, 0.3) is 0 Å². The molecule has 306 valence electrons. The van der Waals surface area contributed by atoms with Gasteiger partial charge in [-0.05, 0) is 83.5 Å². The van der Waals surface area contributed by atoms with Crippen molar-refractivity contribution in [1.82, 2.24) is 0 Å². The highest BCUT2D eigenvalue weighted by Gasteiger charge is 2.25. The molecule has 0 saturated carbocycles. The number of unbranched alkanes of at least 4 members (excludes halogenated alkanes) is 6. The standard InChI is InChI=1S/C43H70NO9P/c1-3-5-7-9-11-12-13-14-15-16-17-18-23-27-31-35-43(47)53-41(39-52-54(48,49)51-37-36-44)38-50-42(46)34-30-26-22-20-19-21-25-29-33-40(45)32-28-24-10-8-6-4-2/h6,8,11-12,14-15,17-18,20-22,24-25,28-29,33,40-41,45H,3-5,7,9-10,13,16,19,23,26-27,30-32,34-39,44H2,1-2H3,(H,48,49)/b8-6-,12-11-,15-14-,18-17-,22-20-,25-21-,28-24-,33-29+/t40?,41-/m1/s1. The SMILES string of the molecule is CC/C=C\C/C=C\CC(O)/C=C/C=C\C/C=C\CCCC(=O)OC[C@H](COP(=O)(O)OCCN)OC(=O)CCCC/C=C\C/C=C\C/C=C\CCCCC. The van der Waals surface area contributed by atoms with Crippen LogP contribution in [0.25, 0.3) is 0 Å². The number of aliphatic hydroxyl groups excluding tert-OH is 1. The van der Waals surface area contributed by atoms with Crippen LogP contribution in [0.1, 0.15) is 123 Å². The highest BCUT2D eigenvalue weighted by molar-refractivity contribution is 7.47. The normalized spacial score (nSPS) is 15.0. The molecule has 0 aromatic carbocycles. The number of hydrogen-bond donors (Lipinski definition) is 3. The van der Waals surface area contributed by atoms with Gasteiger partial charge in [-0.15, -0.1) is 0 Å². The Bertz CT molecular complexity index is 1220. The van der Waals surface area contributed by atoms with Crippen molar-refractivity contribution in [3.8, 4) is 0 Å². The number of allylic oxidation sites excluding steroid dienone is 14. The predicted molar refractivity (Wildman–Crippen MR) is 221 cm³/mol. The molecule has 0 heterocycles. The highest BCUT2D eigenvalue weighted by atomic mass is 31.2. The average Bonchev–Trinajstić information content (AvgIpc) is 3.15. The summed E-state index contributed by atoms with van der Waals surface area (Å²) in [6.45, 7) is 3.34. The van der Waals surface area contributed by atoms with Gasteiger partial charge in [0.2, 0.25) is 0 Å². The second kappa shape index (κ2) is 38.2. The van der Waals surface area contributed by atoms with E-state index in [1.165, 1.54) is 19.3 Å². The molecule has 0 aromatic heterocycles. The molecule has 0 radical (unpaired) electrons. The second-order valence-electron chi connectivity index (χ2n) is 12.6. The van der Waals surface area contributed by atoms with Gasteiger partial charge in [-0.1, -0.05) is 124 Å². The molecule has 0 amide bonds. The zero-order valence-electron chi connectivity index (χ0n) is 33.0. The lowest BCUT2D eigenvalue weighted by Crippen LogP contribution is -2.29. The number of nitrogens with two attached hydrogens (primary N) is 1. The van der Waals surface area contributed by atoms with Gasteiger partial charge in [0.05, 0.1) is 19.3 Å². The lowest BCUT2D eigenvalue weighted by atomic mass is 10.1. The summed E-state index contributed by atoms with van der Waals surface area (Å²) >= 11 is 0. The molecule has 0 aliphatic heterocycles. The van der Waals surface area contributed by atoms with E-state index in [0.717, 1.165) is 51.4 Å². The molecule has 2 unspecified atom stereocenters. The van der Waals surface area contributed by atoms with Gasteiger partial charge in [0, 0.05) is 19.4 Å². The van der Waals surface area contributed by atoms with Crippen LogP contribution in [0.5, 0.6) is 0 Å². The van der Waals surface area contributed by atoms with Gasteiger partial charge in [-0.3, -0.25) is 18.6 Å². The van der Waals surface area contributed by atoms with Crippen molar-refractivity contribution >= 4 is 19.8 Å². The molecule has 0 spiro atoms. The van der Waals surface area contributed by atoms with E-state index in [1.807, 2.05) is 42.5 Å². The van der Waals surface area contributed by atoms with E-state index in [-0.39, 0.29) is 32.6 Å². The fourth-order valence-electron chi connectivity index (χ4n) is 4.58. The van der Waals surface area contributed by atoms with Crippen molar-refractivity contribution < 1.29 is 42.7 Å². The summed E-state index contributed by atoms with van der Waals surface area (Å²) in [6.07, 6.45) is 44.8. The topological polar surface area (TPSA) is 155 Å². The van der Waals surface area contributed by atoms with Gasteiger partial charge in [-0.25, -0.2) is 4.57 Å². The van der Waals surface area contributed by atoms with E-state index in [2.05, 4.69) is 62.5 Å². The van der Waals surface area contributed by atoms with Gasteiger partial charge in [-0.2, -0.15) is 0 Å². The predicted octanol–water partition coefficient (Wildman–Crippen LogP) is 10.0. The first-order valence-electron chi connectivity index (χ1n) is 19.8. The molecule has 0 bridgehead atoms. The highest BCUT2D eigenvalue weighted by Crippen LogP contribution is 2.43. The van der Waals surface area contributed by atoms with E-state index in [0.29, 0.717) is 25.7 Å². The minimum absolute atomic E-state index is 0.0249. The van der Waals surface area contributed by atoms with E-state index in [4.69, 9.17) is 24.3 Å². The third-order valence-corrected chi connectivity index (χ3v) is 8.52. The van der Waals surface area contributed by atoms with Crippen LogP contribution >= 0.6 is 7.82 Å². The first-order chi connectivity index (χ1) is 26.2.